The number of nitrogens with zero attached hydrogens (tertiary/aromatic N) is 6. The summed E-state index contributed by atoms with van der Waals surface area (Å²) < 4.78 is 0. The maximum atomic E-state index is 12.1. The molecule has 6 bridgehead atoms. The van der Waals surface area contributed by atoms with E-state index in [0.717, 1.165) is 119 Å². The van der Waals surface area contributed by atoms with Crippen molar-refractivity contribution in [2.24, 2.45) is 41.8 Å². The third-order valence-corrected chi connectivity index (χ3v) is 18.3. The Balaban J connectivity index is 1.28. The Morgan fingerprint density at radius 2 is 0.586 bits per heavy atom. The van der Waals surface area contributed by atoms with E-state index in [1.165, 1.54) is 122 Å². The number of hydrogen-bond donors (Lipinski definition) is 3. The number of unbranched alkanes of at least 4 members (excludes halogenated alkanes) is 18. The Morgan fingerprint density at radius 3 is 0.862 bits per heavy atom. The fourth-order valence-corrected chi connectivity index (χ4v) is 12.8. The van der Waals surface area contributed by atoms with Gasteiger partial charge in [0.25, 0.3) is 0 Å². The first-order valence-electron chi connectivity index (χ1n) is 34.9. The van der Waals surface area contributed by atoms with Gasteiger partial charge in [-0.2, -0.15) is 0 Å². The third kappa shape index (κ3) is 23.7. The van der Waals surface area contributed by atoms with Crippen molar-refractivity contribution in [3.05, 3.63) is 86.5 Å². The van der Waals surface area contributed by atoms with Crippen molar-refractivity contribution in [3.63, 3.8) is 0 Å². The van der Waals surface area contributed by atoms with Gasteiger partial charge in [0.15, 0.2) is 0 Å². The zero-order valence-corrected chi connectivity index (χ0v) is 54.3. The van der Waals surface area contributed by atoms with Crippen LogP contribution in [0.4, 0.5) is 0 Å². The molecule has 3 fully saturated rings. The first-order chi connectivity index (χ1) is 42.6. The summed E-state index contributed by atoms with van der Waals surface area (Å²) in [5, 5.41) is 36.4. The van der Waals surface area contributed by atoms with E-state index in [-0.39, 0.29) is 65.3 Å². The van der Waals surface area contributed by atoms with Crippen LogP contribution in [-0.4, -0.2) is 88.9 Å². The number of aliphatic imine (C=N–C) groups is 6. The summed E-state index contributed by atoms with van der Waals surface area (Å²) in [6.45, 7) is 11.2. The fraction of sp³-hybridized carbons (Fsp3) is 0.615. The van der Waals surface area contributed by atoms with Gasteiger partial charge in [-0.25, -0.2) is 0 Å². The van der Waals surface area contributed by atoms with Crippen molar-refractivity contribution in [3.8, 4) is 52.8 Å². The minimum absolute atomic E-state index is 0.120. The second-order valence-electron chi connectivity index (χ2n) is 25.9. The van der Waals surface area contributed by atoms with Gasteiger partial charge in [-0.3, -0.25) is 30.0 Å². The van der Waals surface area contributed by atoms with Crippen molar-refractivity contribution >= 4 is 37.3 Å². The van der Waals surface area contributed by atoms with Crippen molar-refractivity contribution in [2.75, 3.05) is 0 Å². The molecular formula is C78H108N6O3. The van der Waals surface area contributed by atoms with Crippen molar-refractivity contribution in [1.82, 2.24) is 0 Å². The number of phenolic OH excluding ortho intramolecular Hbond substituents is 3. The van der Waals surface area contributed by atoms with Gasteiger partial charge in [-0.15, -0.1) is 0 Å². The second-order valence-corrected chi connectivity index (χ2v) is 25.9. The molecule has 3 saturated carbocycles. The molecule has 0 amide bonds. The van der Waals surface area contributed by atoms with Crippen LogP contribution in [0, 0.1) is 47.4 Å². The van der Waals surface area contributed by atoms with Crippen LogP contribution in [0.2, 0.25) is 0 Å². The number of phenols is 3. The van der Waals surface area contributed by atoms with E-state index in [4.69, 9.17) is 30.0 Å². The second kappa shape index (κ2) is 38.9. The summed E-state index contributed by atoms with van der Waals surface area (Å²) >= 11 is 0. The molecule has 8 atom stereocenters. The van der Waals surface area contributed by atoms with Crippen molar-refractivity contribution in [2.45, 2.75) is 296 Å². The average Bonchev–Trinajstić information content (AvgIpc) is 3.65. The Kier molecular flexibility index (Phi) is 30.5. The first kappa shape index (κ1) is 68.3. The van der Waals surface area contributed by atoms with Crippen LogP contribution in [0.1, 0.15) is 309 Å². The summed E-state index contributed by atoms with van der Waals surface area (Å²) in [6, 6.07) is 11.0. The lowest BCUT2D eigenvalue weighted by Crippen LogP contribution is -2.27. The zero-order valence-electron chi connectivity index (χ0n) is 54.3. The number of fused-ring (bicyclic) bond motifs is 9. The Bertz CT molecular complexity index is 2790. The normalized spacial score (nSPS) is 20.9. The molecule has 0 aromatic heterocycles. The van der Waals surface area contributed by atoms with Crippen molar-refractivity contribution in [1.29, 1.82) is 0 Å². The molecule has 3 N–H and O–H groups in total. The molecule has 3 aromatic rings. The maximum Gasteiger partial charge on any atom is 0.133 e. The highest BCUT2D eigenvalue weighted by Gasteiger charge is 2.27. The van der Waals surface area contributed by atoms with E-state index in [1.54, 1.807) is 0 Å². The Labute approximate surface area is 526 Å². The van der Waals surface area contributed by atoms with Crippen molar-refractivity contribution < 1.29 is 15.3 Å². The van der Waals surface area contributed by atoms with E-state index in [9.17, 15) is 15.3 Å². The Morgan fingerprint density at radius 1 is 0.345 bits per heavy atom. The van der Waals surface area contributed by atoms with Crippen LogP contribution in [-0.2, 0) is 0 Å². The molecule has 0 spiro atoms. The predicted octanol–water partition coefficient (Wildman–Crippen LogP) is 19.0. The number of rotatable bonds is 22. The van der Waals surface area contributed by atoms with Crippen LogP contribution in [0.15, 0.2) is 66.4 Å². The standard InChI is InChI=1S/C78H108N6O3/c1-6-9-12-15-18-19-20-21-24-27-36-61-47-64-53-79-70-37-28-30-39-72(70)81-55-66-49-62(45-43-59(4)34-25-22-16-13-10-7-2)51-68(77(66)86)57-83-74-41-32-33-42-75(74)84-58-69-52-63(46-44-60(5)35-26-23-17-14-11-8-3)50-67(78(69)87)56-82-73-40-31-29-38-71(73)80-54-65(48-61)76(64)85/h47-60,70-75,85-87H,6-26,28-35,37-42H2,1-5H3. The molecular weight excluding hydrogens is 1070 g/mol. The highest BCUT2D eigenvalue weighted by Crippen LogP contribution is 2.32. The summed E-state index contributed by atoms with van der Waals surface area (Å²) in [5.41, 5.74) is 6.07. The van der Waals surface area contributed by atoms with E-state index in [1.807, 2.05) is 73.7 Å². The predicted molar refractivity (Wildman–Crippen MR) is 370 cm³/mol. The molecule has 8 unspecified atom stereocenters. The number of benzene rings is 3. The topological polar surface area (TPSA) is 135 Å². The lowest BCUT2D eigenvalue weighted by Gasteiger charge is -2.26. The van der Waals surface area contributed by atoms with Gasteiger partial charge in [0, 0.05) is 106 Å². The largest absolute Gasteiger partial charge is 0.507 e. The average molecular weight is 1180 g/mol. The molecule has 87 heavy (non-hydrogen) atoms. The SMILES string of the molecule is CCCCCCCCCCC#Cc1cc2c(O)c(c1)C=NC1CCCCC1N=Cc1cc(C#CC(C)CCCCCCCC)cc(c1O)C=NC1CCCCC1N=Cc1cc(C#CC(C)CCCCCCCC)cc(c1O)C=NC1CCCCC1N=C2. The molecule has 0 radical (unpaired) electrons. The molecule has 7 rings (SSSR count). The van der Waals surface area contributed by atoms with Crippen LogP contribution >= 0.6 is 0 Å². The molecule has 1 aliphatic heterocycles. The molecule has 9 heteroatoms. The minimum Gasteiger partial charge on any atom is -0.507 e. The van der Waals surface area contributed by atoms with E-state index >= 15 is 0 Å². The van der Waals surface area contributed by atoms with Gasteiger partial charge >= 0.3 is 0 Å². The molecule has 3 aromatic carbocycles. The summed E-state index contributed by atoms with van der Waals surface area (Å²) in [5.74, 6) is 21.8. The fourth-order valence-electron chi connectivity index (χ4n) is 12.8. The summed E-state index contributed by atoms with van der Waals surface area (Å²) in [6.07, 6.45) is 50.3. The summed E-state index contributed by atoms with van der Waals surface area (Å²) in [7, 11) is 0. The molecule has 0 saturated heterocycles. The quantitative estimate of drug-likeness (QED) is 0.0683. The van der Waals surface area contributed by atoms with Gasteiger partial charge in [0.1, 0.15) is 17.2 Å². The van der Waals surface area contributed by atoms with E-state index in [2.05, 4.69) is 70.1 Å². The highest BCUT2D eigenvalue weighted by molar-refractivity contribution is 5.95. The third-order valence-electron chi connectivity index (χ3n) is 18.3. The van der Waals surface area contributed by atoms with Gasteiger partial charge < -0.3 is 15.3 Å². The van der Waals surface area contributed by atoms with Crippen LogP contribution in [0.25, 0.3) is 0 Å². The van der Waals surface area contributed by atoms with Crippen LogP contribution < -0.4 is 0 Å². The molecule has 1 heterocycles. The van der Waals surface area contributed by atoms with Gasteiger partial charge in [-0.05, 0) is 94.2 Å². The first-order valence-corrected chi connectivity index (χ1v) is 34.9. The Hall–Kier alpha value is -6.24. The van der Waals surface area contributed by atoms with Gasteiger partial charge in [0.05, 0.1) is 36.3 Å². The van der Waals surface area contributed by atoms with Crippen LogP contribution in [0.3, 0.4) is 0 Å². The lowest BCUT2D eigenvalue weighted by molar-refractivity contribution is 0.389. The van der Waals surface area contributed by atoms with E-state index < -0.39 is 0 Å². The maximum absolute atomic E-state index is 12.1. The minimum atomic E-state index is -0.123. The molecule has 3 aliphatic carbocycles. The monoisotopic (exact) mass is 1180 g/mol. The highest BCUT2D eigenvalue weighted by atomic mass is 16.3. The number of hydrogen-bond acceptors (Lipinski definition) is 9. The molecule has 468 valence electrons. The molecule has 9 nitrogen and oxygen atoms in total. The molecule has 4 aliphatic rings. The smallest absolute Gasteiger partial charge is 0.133 e. The van der Waals surface area contributed by atoms with Crippen LogP contribution in [0.5, 0.6) is 17.2 Å². The lowest BCUT2D eigenvalue weighted by atomic mass is 9.91. The number of aromatic hydroxyl groups is 3. The zero-order chi connectivity index (χ0) is 61.3. The van der Waals surface area contributed by atoms with E-state index in [0.29, 0.717) is 33.4 Å². The van der Waals surface area contributed by atoms with Gasteiger partial charge in [-0.1, -0.05) is 231 Å². The summed E-state index contributed by atoms with van der Waals surface area (Å²) in [4.78, 5) is 31.3. The van der Waals surface area contributed by atoms with Gasteiger partial charge in [0.2, 0.25) is 0 Å².